The second-order valence-corrected chi connectivity index (χ2v) is 6.74. The molecule has 0 amide bonds. The Morgan fingerprint density at radius 2 is 2.05 bits per heavy atom. The van der Waals surface area contributed by atoms with Gasteiger partial charge in [-0.05, 0) is 24.6 Å². The summed E-state index contributed by atoms with van der Waals surface area (Å²) < 4.78 is 30.5. The first kappa shape index (κ1) is 16.9. The van der Waals surface area contributed by atoms with E-state index in [0.29, 0.717) is 6.54 Å². The topological polar surface area (TPSA) is 63.7 Å². The third kappa shape index (κ3) is 3.71. The van der Waals surface area contributed by atoms with Gasteiger partial charge in [-0.3, -0.25) is 0 Å². The molecule has 1 aromatic rings. The Kier molecular flexibility index (Phi) is 5.98. The maximum Gasteiger partial charge on any atom is 0.337 e. The molecule has 1 rings (SSSR count). The SMILES string of the molecule is CCCCN(C)S(=O)(=O)c1ccc(C(=O)OC)cc1Cl. The average Bonchev–Trinajstić information content (AvgIpc) is 2.43. The molecular formula is C13H18ClNO4S. The van der Waals surface area contributed by atoms with Crippen molar-refractivity contribution in [2.24, 2.45) is 0 Å². The highest BCUT2D eigenvalue weighted by atomic mass is 35.5. The summed E-state index contributed by atoms with van der Waals surface area (Å²) in [7, 11) is -0.883. The van der Waals surface area contributed by atoms with Crippen LogP contribution in [0.4, 0.5) is 0 Å². The van der Waals surface area contributed by atoms with Gasteiger partial charge in [0, 0.05) is 13.6 Å². The molecule has 0 heterocycles. The quantitative estimate of drug-likeness (QED) is 0.756. The van der Waals surface area contributed by atoms with Gasteiger partial charge in [0.15, 0.2) is 0 Å². The Hall–Kier alpha value is -1.11. The Morgan fingerprint density at radius 1 is 1.40 bits per heavy atom. The van der Waals surface area contributed by atoms with Crippen LogP contribution in [0.1, 0.15) is 30.1 Å². The van der Waals surface area contributed by atoms with Gasteiger partial charge in [0.05, 0.1) is 17.7 Å². The number of sulfonamides is 1. The second kappa shape index (κ2) is 7.06. The highest BCUT2D eigenvalue weighted by Gasteiger charge is 2.24. The predicted octanol–water partition coefficient (Wildman–Crippen LogP) is 2.55. The number of rotatable bonds is 6. The molecule has 0 saturated carbocycles. The highest BCUT2D eigenvalue weighted by molar-refractivity contribution is 7.89. The van der Waals surface area contributed by atoms with Crippen LogP contribution in [0.5, 0.6) is 0 Å². The van der Waals surface area contributed by atoms with Crippen molar-refractivity contribution in [3.05, 3.63) is 28.8 Å². The zero-order chi connectivity index (χ0) is 15.3. The van der Waals surface area contributed by atoms with Gasteiger partial charge in [0.25, 0.3) is 0 Å². The number of hydrogen-bond acceptors (Lipinski definition) is 4. The predicted molar refractivity (Wildman–Crippen MR) is 77.5 cm³/mol. The van der Waals surface area contributed by atoms with Crippen molar-refractivity contribution in [3.63, 3.8) is 0 Å². The third-order valence-electron chi connectivity index (χ3n) is 2.87. The Balaban J connectivity index is 3.10. The van der Waals surface area contributed by atoms with E-state index >= 15 is 0 Å². The maximum atomic E-state index is 12.3. The van der Waals surface area contributed by atoms with Crippen LogP contribution >= 0.6 is 11.6 Å². The van der Waals surface area contributed by atoms with E-state index in [9.17, 15) is 13.2 Å². The molecule has 0 N–H and O–H groups in total. The van der Waals surface area contributed by atoms with Crippen molar-refractivity contribution >= 4 is 27.6 Å². The van der Waals surface area contributed by atoms with E-state index in [2.05, 4.69) is 4.74 Å². The molecule has 1 aromatic carbocycles. The van der Waals surface area contributed by atoms with E-state index in [4.69, 9.17) is 11.6 Å². The van der Waals surface area contributed by atoms with Crippen molar-refractivity contribution in [1.82, 2.24) is 4.31 Å². The minimum absolute atomic E-state index is 0.00887. The molecule has 0 saturated heterocycles. The van der Waals surface area contributed by atoms with Gasteiger partial charge in [-0.1, -0.05) is 24.9 Å². The molecular weight excluding hydrogens is 302 g/mol. The Labute approximate surface area is 124 Å². The van der Waals surface area contributed by atoms with Crippen molar-refractivity contribution < 1.29 is 17.9 Å². The zero-order valence-corrected chi connectivity index (χ0v) is 13.3. The molecule has 20 heavy (non-hydrogen) atoms. The largest absolute Gasteiger partial charge is 0.465 e. The molecule has 7 heteroatoms. The number of hydrogen-bond donors (Lipinski definition) is 0. The smallest absolute Gasteiger partial charge is 0.337 e. The Bertz CT molecular complexity index is 586. The van der Waals surface area contributed by atoms with Gasteiger partial charge in [0.1, 0.15) is 4.90 Å². The number of carbonyl (C=O) groups is 1. The maximum absolute atomic E-state index is 12.3. The first-order valence-corrected chi connectivity index (χ1v) is 8.00. The average molecular weight is 320 g/mol. The molecule has 0 unspecified atom stereocenters. The monoisotopic (exact) mass is 319 g/mol. The molecule has 0 radical (unpaired) electrons. The van der Waals surface area contributed by atoms with Crippen LogP contribution in [0.15, 0.2) is 23.1 Å². The van der Waals surface area contributed by atoms with E-state index in [1.165, 1.54) is 36.7 Å². The van der Waals surface area contributed by atoms with Gasteiger partial charge in [-0.25, -0.2) is 17.5 Å². The van der Waals surface area contributed by atoms with Gasteiger partial charge in [-0.2, -0.15) is 0 Å². The van der Waals surface area contributed by atoms with Crippen LogP contribution < -0.4 is 0 Å². The van der Waals surface area contributed by atoms with Gasteiger partial charge < -0.3 is 4.74 Å². The fourth-order valence-corrected chi connectivity index (χ4v) is 3.35. The van der Waals surface area contributed by atoms with Crippen molar-refractivity contribution in [1.29, 1.82) is 0 Å². The summed E-state index contributed by atoms with van der Waals surface area (Å²) in [6.07, 6.45) is 1.67. The van der Waals surface area contributed by atoms with E-state index in [-0.39, 0.29) is 15.5 Å². The van der Waals surface area contributed by atoms with E-state index < -0.39 is 16.0 Å². The lowest BCUT2D eigenvalue weighted by Crippen LogP contribution is -2.28. The first-order chi connectivity index (χ1) is 9.34. The minimum atomic E-state index is -3.64. The number of esters is 1. The minimum Gasteiger partial charge on any atom is -0.465 e. The van der Waals surface area contributed by atoms with Gasteiger partial charge >= 0.3 is 5.97 Å². The molecule has 112 valence electrons. The summed E-state index contributed by atoms with van der Waals surface area (Å²) >= 11 is 5.98. The molecule has 0 atom stereocenters. The second-order valence-electron chi connectivity index (χ2n) is 4.32. The number of halogens is 1. The summed E-state index contributed by atoms with van der Waals surface area (Å²) in [5, 5.41) is 0.0104. The van der Waals surface area contributed by atoms with E-state index in [1.54, 1.807) is 0 Å². The summed E-state index contributed by atoms with van der Waals surface area (Å²) in [6, 6.07) is 4.01. The van der Waals surface area contributed by atoms with Crippen molar-refractivity contribution in [3.8, 4) is 0 Å². The highest BCUT2D eigenvalue weighted by Crippen LogP contribution is 2.25. The van der Waals surface area contributed by atoms with Crippen LogP contribution in [0, 0.1) is 0 Å². The molecule has 0 aliphatic heterocycles. The van der Waals surface area contributed by atoms with Crippen LogP contribution in [-0.2, 0) is 14.8 Å². The molecule has 5 nitrogen and oxygen atoms in total. The van der Waals surface area contributed by atoms with E-state index in [0.717, 1.165) is 12.8 Å². The molecule has 0 bridgehead atoms. The van der Waals surface area contributed by atoms with Crippen LogP contribution in [-0.4, -0.2) is 39.4 Å². The normalized spacial score (nSPS) is 11.7. The molecule has 0 spiro atoms. The van der Waals surface area contributed by atoms with Gasteiger partial charge in [-0.15, -0.1) is 0 Å². The van der Waals surface area contributed by atoms with E-state index in [1.807, 2.05) is 6.92 Å². The number of benzene rings is 1. The summed E-state index contributed by atoms with van der Waals surface area (Å²) in [4.78, 5) is 11.4. The summed E-state index contributed by atoms with van der Waals surface area (Å²) in [6.45, 7) is 2.41. The first-order valence-electron chi connectivity index (χ1n) is 6.18. The fraction of sp³-hybridized carbons (Fsp3) is 0.462. The summed E-state index contributed by atoms with van der Waals surface area (Å²) in [5.41, 5.74) is 0.215. The number of carbonyl (C=O) groups excluding carboxylic acids is 1. The lowest BCUT2D eigenvalue weighted by molar-refractivity contribution is 0.0600. The van der Waals surface area contributed by atoms with Crippen LogP contribution in [0.3, 0.4) is 0 Å². The third-order valence-corrected chi connectivity index (χ3v) is 5.21. The van der Waals surface area contributed by atoms with Crippen LogP contribution in [0.2, 0.25) is 5.02 Å². The lowest BCUT2D eigenvalue weighted by Gasteiger charge is -2.17. The molecule has 0 fully saturated rings. The van der Waals surface area contributed by atoms with Gasteiger partial charge in [0.2, 0.25) is 10.0 Å². The number of ether oxygens (including phenoxy) is 1. The number of methoxy groups -OCH3 is 1. The van der Waals surface area contributed by atoms with Crippen molar-refractivity contribution in [2.75, 3.05) is 20.7 Å². The molecule has 0 aliphatic carbocycles. The summed E-state index contributed by atoms with van der Waals surface area (Å²) in [5.74, 6) is -0.560. The van der Waals surface area contributed by atoms with Crippen molar-refractivity contribution in [2.45, 2.75) is 24.7 Å². The zero-order valence-electron chi connectivity index (χ0n) is 11.7. The Morgan fingerprint density at radius 3 is 2.55 bits per heavy atom. The number of nitrogens with zero attached hydrogens (tertiary/aromatic N) is 1. The standard InChI is InChI=1S/C13H18ClNO4S/c1-4-5-8-15(2)20(17,18)12-7-6-10(9-11(12)14)13(16)19-3/h6-7,9H,4-5,8H2,1-3H3. The molecule has 0 aliphatic rings. The lowest BCUT2D eigenvalue weighted by atomic mass is 10.2. The molecule has 0 aromatic heterocycles. The number of unbranched alkanes of at least 4 members (excludes halogenated alkanes) is 1. The van der Waals surface area contributed by atoms with Crippen LogP contribution in [0.25, 0.3) is 0 Å². The fourth-order valence-electron chi connectivity index (χ4n) is 1.62.